The van der Waals surface area contributed by atoms with Gasteiger partial charge in [-0.1, -0.05) is 12.1 Å². The van der Waals surface area contributed by atoms with Crippen LogP contribution in [0.4, 0.5) is 0 Å². The van der Waals surface area contributed by atoms with E-state index in [0.717, 1.165) is 12.8 Å². The predicted molar refractivity (Wildman–Crippen MR) is 92.7 cm³/mol. The summed E-state index contributed by atoms with van der Waals surface area (Å²) >= 11 is 0. The minimum Gasteiger partial charge on any atom is -0.493 e. The highest BCUT2D eigenvalue weighted by atomic mass is 16.5. The van der Waals surface area contributed by atoms with E-state index in [1.54, 1.807) is 26.4 Å². The maximum Gasteiger partial charge on any atom is 0.258 e. The molecule has 7 heteroatoms. The van der Waals surface area contributed by atoms with E-state index in [0.29, 0.717) is 37.6 Å². The Bertz CT molecular complexity index is 570. The van der Waals surface area contributed by atoms with Gasteiger partial charge in [0.25, 0.3) is 5.91 Å². The summed E-state index contributed by atoms with van der Waals surface area (Å²) in [6, 6.07) is 7.28. The second-order valence-corrected chi connectivity index (χ2v) is 5.90. The van der Waals surface area contributed by atoms with E-state index in [-0.39, 0.29) is 24.5 Å². The molecular weight excluding hydrogens is 324 g/mol. The molecule has 1 aromatic carbocycles. The van der Waals surface area contributed by atoms with Crippen molar-refractivity contribution in [1.29, 1.82) is 0 Å². The highest BCUT2D eigenvalue weighted by molar-refractivity contribution is 5.78. The number of methoxy groups -OCH3 is 2. The number of benzene rings is 1. The summed E-state index contributed by atoms with van der Waals surface area (Å²) < 4.78 is 15.6. The molecule has 1 aromatic rings. The van der Waals surface area contributed by atoms with Crippen molar-refractivity contribution in [2.75, 3.05) is 40.5 Å². The molecule has 1 heterocycles. The largest absolute Gasteiger partial charge is 0.493 e. The molecule has 0 aliphatic carbocycles. The first kappa shape index (κ1) is 19.1. The average molecular weight is 350 g/mol. The van der Waals surface area contributed by atoms with E-state index >= 15 is 0 Å². The van der Waals surface area contributed by atoms with Gasteiger partial charge in [0, 0.05) is 26.2 Å². The van der Waals surface area contributed by atoms with Crippen LogP contribution in [0.25, 0.3) is 0 Å². The van der Waals surface area contributed by atoms with Crippen LogP contribution in [0.5, 0.6) is 11.5 Å². The van der Waals surface area contributed by atoms with Crippen molar-refractivity contribution in [3.05, 3.63) is 24.3 Å². The summed E-state index contributed by atoms with van der Waals surface area (Å²) in [6.45, 7) is 1.69. The molecule has 0 aromatic heterocycles. The van der Waals surface area contributed by atoms with Crippen molar-refractivity contribution in [2.45, 2.75) is 25.3 Å². The lowest BCUT2D eigenvalue weighted by atomic mass is 10.0. The van der Waals surface area contributed by atoms with Crippen LogP contribution in [-0.4, -0.2) is 63.3 Å². The minimum atomic E-state index is -0.171. The van der Waals surface area contributed by atoms with Crippen LogP contribution in [0.3, 0.4) is 0 Å². The maximum absolute atomic E-state index is 12.1. The van der Waals surface area contributed by atoms with E-state index in [2.05, 4.69) is 5.32 Å². The average Bonchev–Trinajstić information content (AvgIpc) is 2.65. The molecule has 1 fully saturated rings. The van der Waals surface area contributed by atoms with Crippen LogP contribution in [0.1, 0.15) is 19.3 Å². The molecule has 1 aliphatic heterocycles. The van der Waals surface area contributed by atoms with E-state index < -0.39 is 0 Å². The van der Waals surface area contributed by atoms with Gasteiger partial charge in [-0.3, -0.25) is 9.59 Å². The van der Waals surface area contributed by atoms with E-state index in [1.165, 1.54) is 0 Å². The van der Waals surface area contributed by atoms with Gasteiger partial charge in [0.2, 0.25) is 5.91 Å². The van der Waals surface area contributed by atoms with Crippen molar-refractivity contribution in [3.63, 3.8) is 0 Å². The van der Waals surface area contributed by atoms with Crippen LogP contribution >= 0.6 is 0 Å². The number of likely N-dealkylation sites (tertiary alicyclic amines) is 1. The monoisotopic (exact) mass is 350 g/mol. The second-order valence-electron chi connectivity index (χ2n) is 5.90. The summed E-state index contributed by atoms with van der Waals surface area (Å²) in [6.07, 6.45) is 1.90. The van der Waals surface area contributed by atoms with Gasteiger partial charge in [-0.15, -0.1) is 0 Å². The number of carbonyl (C=O) groups is 2. The Morgan fingerprint density at radius 3 is 2.48 bits per heavy atom. The SMILES string of the molecule is COCCC(=O)N1CCC(NC(=O)COc2ccccc2OC)CC1. The third-order valence-corrected chi connectivity index (χ3v) is 4.16. The Morgan fingerprint density at radius 1 is 1.16 bits per heavy atom. The lowest BCUT2D eigenvalue weighted by molar-refractivity contribution is -0.133. The smallest absolute Gasteiger partial charge is 0.258 e. The van der Waals surface area contributed by atoms with Crippen LogP contribution in [0.2, 0.25) is 0 Å². The van der Waals surface area contributed by atoms with Crippen molar-refractivity contribution >= 4 is 11.8 Å². The third-order valence-electron chi connectivity index (χ3n) is 4.16. The number of para-hydroxylation sites is 2. The number of amides is 2. The molecule has 2 rings (SSSR count). The summed E-state index contributed by atoms with van der Waals surface area (Å²) in [4.78, 5) is 25.8. The first-order valence-electron chi connectivity index (χ1n) is 8.46. The first-order valence-corrected chi connectivity index (χ1v) is 8.46. The number of nitrogens with one attached hydrogen (secondary N) is 1. The van der Waals surface area contributed by atoms with Crippen LogP contribution in [-0.2, 0) is 14.3 Å². The summed E-state index contributed by atoms with van der Waals surface area (Å²) in [7, 11) is 3.14. The van der Waals surface area contributed by atoms with Crippen LogP contribution < -0.4 is 14.8 Å². The molecule has 1 N–H and O–H groups in total. The standard InChI is InChI=1S/C18H26N2O5/c1-23-12-9-18(22)20-10-7-14(8-11-20)19-17(21)13-25-16-6-4-3-5-15(16)24-2/h3-6,14H,7-13H2,1-2H3,(H,19,21). The number of carbonyl (C=O) groups excluding carboxylic acids is 2. The molecule has 138 valence electrons. The first-order chi connectivity index (χ1) is 12.1. The number of ether oxygens (including phenoxy) is 3. The van der Waals surface area contributed by atoms with Gasteiger partial charge in [-0.05, 0) is 25.0 Å². The molecule has 0 saturated carbocycles. The van der Waals surface area contributed by atoms with Gasteiger partial charge < -0.3 is 24.4 Å². The lowest BCUT2D eigenvalue weighted by Crippen LogP contribution is -2.47. The molecule has 0 unspecified atom stereocenters. The van der Waals surface area contributed by atoms with Crippen molar-refractivity contribution in [2.24, 2.45) is 0 Å². The van der Waals surface area contributed by atoms with Crippen molar-refractivity contribution in [1.82, 2.24) is 10.2 Å². The number of piperidine rings is 1. The van der Waals surface area contributed by atoms with Crippen LogP contribution in [0, 0.1) is 0 Å². The zero-order valence-electron chi connectivity index (χ0n) is 14.8. The number of hydrogen-bond donors (Lipinski definition) is 1. The van der Waals surface area contributed by atoms with Gasteiger partial charge in [-0.2, -0.15) is 0 Å². The highest BCUT2D eigenvalue weighted by Crippen LogP contribution is 2.25. The number of hydrogen-bond acceptors (Lipinski definition) is 5. The second kappa shape index (κ2) is 9.88. The minimum absolute atomic E-state index is 0.0621. The van der Waals surface area contributed by atoms with Crippen molar-refractivity contribution in [3.8, 4) is 11.5 Å². The molecule has 7 nitrogen and oxygen atoms in total. The quantitative estimate of drug-likeness (QED) is 0.763. The fraction of sp³-hybridized carbons (Fsp3) is 0.556. The van der Waals surface area contributed by atoms with Crippen LogP contribution in [0.15, 0.2) is 24.3 Å². The van der Waals surface area contributed by atoms with Gasteiger partial charge >= 0.3 is 0 Å². The zero-order valence-corrected chi connectivity index (χ0v) is 14.8. The Kier molecular flexibility index (Phi) is 7.53. The van der Waals surface area contributed by atoms with Gasteiger partial charge in [0.1, 0.15) is 0 Å². The molecular formula is C18H26N2O5. The molecule has 1 aliphatic rings. The summed E-state index contributed by atoms with van der Waals surface area (Å²) in [5.41, 5.74) is 0. The van der Waals surface area contributed by atoms with Crippen molar-refractivity contribution < 1.29 is 23.8 Å². The summed E-state index contributed by atoms with van der Waals surface area (Å²) in [5.74, 6) is 1.07. The zero-order chi connectivity index (χ0) is 18.1. The highest BCUT2D eigenvalue weighted by Gasteiger charge is 2.23. The third kappa shape index (κ3) is 5.94. The van der Waals surface area contributed by atoms with E-state index in [1.807, 2.05) is 17.0 Å². The van der Waals surface area contributed by atoms with Gasteiger partial charge in [0.15, 0.2) is 18.1 Å². The Morgan fingerprint density at radius 2 is 1.84 bits per heavy atom. The molecule has 2 amide bonds. The maximum atomic E-state index is 12.1. The molecule has 0 spiro atoms. The van der Waals surface area contributed by atoms with Gasteiger partial charge in [-0.25, -0.2) is 0 Å². The topological polar surface area (TPSA) is 77.1 Å². The number of rotatable bonds is 8. The number of nitrogens with zero attached hydrogens (tertiary/aromatic N) is 1. The molecule has 25 heavy (non-hydrogen) atoms. The Labute approximate surface area is 148 Å². The molecule has 1 saturated heterocycles. The fourth-order valence-corrected chi connectivity index (χ4v) is 2.77. The summed E-state index contributed by atoms with van der Waals surface area (Å²) in [5, 5.41) is 2.96. The molecule has 0 bridgehead atoms. The lowest BCUT2D eigenvalue weighted by Gasteiger charge is -2.32. The molecule has 0 atom stereocenters. The fourth-order valence-electron chi connectivity index (χ4n) is 2.77. The van der Waals surface area contributed by atoms with E-state index in [4.69, 9.17) is 14.2 Å². The van der Waals surface area contributed by atoms with E-state index in [9.17, 15) is 9.59 Å². The Hall–Kier alpha value is -2.28. The normalized spacial score (nSPS) is 14.9. The predicted octanol–water partition coefficient (Wildman–Crippen LogP) is 1.22. The van der Waals surface area contributed by atoms with Gasteiger partial charge in [0.05, 0.1) is 20.1 Å². The molecule has 0 radical (unpaired) electrons. The Balaban J connectivity index is 1.71.